The number of pyridine rings is 1. The van der Waals surface area contributed by atoms with Crippen molar-refractivity contribution >= 4 is 47.5 Å². The molecule has 1 fully saturated rings. The molecule has 0 saturated carbocycles. The number of aryl methyl sites for hydroxylation is 1. The molecule has 1 unspecified atom stereocenters. The molecule has 8 heteroatoms. The molecule has 0 bridgehead atoms. The van der Waals surface area contributed by atoms with Gasteiger partial charge in [0.05, 0.1) is 0 Å². The number of nitrogens with one attached hydrogen (secondary N) is 2. The van der Waals surface area contributed by atoms with Crippen LogP contribution in [0.3, 0.4) is 0 Å². The molecule has 3 rings (SSSR count). The summed E-state index contributed by atoms with van der Waals surface area (Å²) < 4.78 is 13.9. The van der Waals surface area contributed by atoms with Crippen molar-refractivity contribution in [1.29, 1.82) is 0 Å². The van der Waals surface area contributed by atoms with Gasteiger partial charge >= 0.3 is 0 Å². The summed E-state index contributed by atoms with van der Waals surface area (Å²) in [4.78, 5) is 11.7. The van der Waals surface area contributed by atoms with Crippen molar-refractivity contribution in [2.45, 2.75) is 24.3 Å². The quantitative estimate of drug-likeness (QED) is 0.202. The predicted molar refractivity (Wildman–Crippen MR) is 127 cm³/mol. The molecule has 0 amide bonds. The van der Waals surface area contributed by atoms with E-state index < -0.39 is 0 Å². The van der Waals surface area contributed by atoms with Crippen LogP contribution in [0.1, 0.15) is 12.0 Å². The fourth-order valence-electron chi connectivity index (χ4n) is 3.04. The second-order valence-electron chi connectivity index (χ2n) is 6.55. The molecule has 0 spiro atoms. The molecule has 1 atom stereocenters. The van der Waals surface area contributed by atoms with Gasteiger partial charge in [-0.3, -0.25) is 4.99 Å². The topological polar surface area (TPSA) is 52.6 Å². The highest BCUT2D eigenvalue weighted by molar-refractivity contribution is 14.0. The van der Waals surface area contributed by atoms with Crippen molar-refractivity contribution in [1.82, 2.24) is 15.6 Å². The molecule has 2 heterocycles. The third-order valence-corrected chi connectivity index (χ3v) is 5.49. The number of guanidine groups is 1. The third-order valence-electron chi connectivity index (χ3n) is 4.48. The number of aliphatic imine (C=N–C) groups is 1. The second-order valence-corrected chi connectivity index (χ2v) is 7.71. The lowest BCUT2D eigenvalue weighted by atomic mass is 10.2. The largest absolute Gasteiger partial charge is 0.356 e. The van der Waals surface area contributed by atoms with E-state index >= 15 is 0 Å². The van der Waals surface area contributed by atoms with Crippen LogP contribution in [0.25, 0.3) is 0 Å². The van der Waals surface area contributed by atoms with E-state index in [1.54, 1.807) is 19.3 Å². The molecule has 1 aromatic heterocycles. The van der Waals surface area contributed by atoms with Crippen molar-refractivity contribution in [2.75, 3.05) is 37.3 Å². The number of nitrogens with zero attached hydrogens (tertiary/aromatic N) is 3. The lowest BCUT2D eigenvalue weighted by molar-refractivity contribution is 0.612. The van der Waals surface area contributed by atoms with Gasteiger partial charge in [-0.1, -0.05) is 17.7 Å². The van der Waals surface area contributed by atoms with E-state index in [0.717, 1.165) is 31.2 Å². The Morgan fingerprint density at radius 2 is 2.11 bits per heavy atom. The van der Waals surface area contributed by atoms with Crippen LogP contribution in [0.2, 0.25) is 0 Å². The molecular weight excluding hydrogens is 488 g/mol. The Morgan fingerprint density at radius 1 is 1.32 bits per heavy atom. The first-order chi connectivity index (χ1) is 13.2. The van der Waals surface area contributed by atoms with Crippen LogP contribution in [0, 0.1) is 12.7 Å². The Morgan fingerprint density at radius 3 is 2.82 bits per heavy atom. The minimum atomic E-state index is -0.270. The van der Waals surface area contributed by atoms with Gasteiger partial charge in [0.15, 0.2) is 17.6 Å². The van der Waals surface area contributed by atoms with Gasteiger partial charge in [0, 0.05) is 49.6 Å². The molecule has 2 aromatic rings. The van der Waals surface area contributed by atoms with Gasteiger partial charge in [-0.05, 0) is 37.6 Å². The molecule has 1 saturated heterocycles. The number of hydrogen-bond acceptors (Lipinski definition) is 4. The summed E-state index contributed by atoms with van der Waals surface area (Å²) in [6, 6.07) is 11.9. The van der Waals surface area contributed by atoms with Crippen LogP contribution < -0.4 is 15.5 Å². The monoisotopic (exact) mass is 515 g/mol. The van der Waals surface area contributed by atoms with Crippen LogP contribution in [-0.2, 0) is 0 Å². The van der Waals surface area contributed by atoms with Crippen molar-refractivity contribution in [3.05, 3.63) is 54.0 Å². The van der Waals surface area contributed by atoms with E-state index in [2.05, 4.69) is 51.8 Å². The van der Waals surface area contributed by atoms with Crippen LogP contribution in [-0.4, -0.2) is 49.4 Å². The van der Waals surface area contributed by atoms with E-state index in [1.807, 2.05) is 16.7 Å². The lowest BCUT2D eigenvalue weighted by Gasteiger charge is -2.20. The average Bonchev–Trinajstić information content (AvgIpc) is 3.14. The molecular formula is C20H27FIN5S. The van der Waals surface area contributed by atoms with Crippen LogP contribution >= 0.6 is 35.7 Å². The van der Waals surface area contributed by atoms with Crippen LogP contribution in [0.15, 0.2) is 52.5 Å². The van der Waals surface area contributed by atoms with E-state index in [9.17, 15) is 4.39 Å². The van der Waals surface area contributed by atoms with Gasteiger partial charge in [-0.25, -0.2) is 9.37 Å². The number of halogens is 2. The second kappa shape index (κ2) is 11.5. The summed E-state index contributed by atoms with van der Waals surface area (Å²) in [6.45, 7) is 4.42. The van der Waals surface area contributed by atoms with Crippen molar-refractivity contribution in [3.63, 3.8) is 0 Å². The average molecular weight is 515 g/mol. The summed E-state index contributed by atoms with van der Waals surface area (Å²) in [6.07, 6.45) is 2.56. The maximum absolute atomic E-state index is 13.9. The third kappa shape index (κ3) is 6.51. The molecule has 152 valence electrons. The van der Waals surface area contributed by atoms with Crippen molar-refractivity contribution in [2.24, 2.45) is 4.99 Å². The number of benzene rings is 1. The van der Waals surface area contributed by atoms with Gasteiger partial charge in [0.2, 0.25) is 0 Å². The van der Waals surface area contributed by atoms with E-state index in [0.29, 0.717) is 12.4 Å². The maximum atomic E-state index is 13.9. The lowest BCUT2D eigenvalue weighted by Crippen LogP contribution is -2.45. The van der Waals surface area contributed by atoms with Gasteiger partial charge in [0.25, 0.3) is 0 Å². The number of anilines is 1. The zero-order chi connectivity index (χ0) is 19.1. The Bertz CT molecular complexity index is 771. The summed E-state index contributed by atoms with van der Waals surface area (Å²) >= 11 is 1.82. The molecule has 0 radical (unpaired) electrons. The fraction of sp³-hybridized carbons (Fsp3) is 0.400. The molecule has 2 N–H and O–H groups in total. The minimum Gasteiger partial charge on any atom is -0.356 e. The summed E-state index contributed by atoms with van der Waals surface area (Å²) in [5.41, 5.74) is 1.28. The Kier molecular flexibility index (Phi) is 9.30. The Hall–Kier alpha value is -1.55. The number of hydrogen-bond donors (Lipinski definition) is 2. The van der Waals surface area contributed by atoms with E-state index in [-0.39, 0.29) is 35.8 Å². The maximum Gasteiger partial charge on any atom is 0.191 e. The first-order valence-corrected chi connectivity index (χ1v) is 10.2. The van der Waals surface area contributed by atoms with Crippen LogP contribution in [0.5, 0.6) is 0 Å². The Labute approximate surface area is 187 Å². The van der Waals surface area contributed by atoms with Gasteiger partial charge in [-0.2, -0.15) is 0 Å². The van der Waals surface area contributed by atoms with Crippen LogP contribution in [0.4, 0.5) is 10.2 Å². The number of rotatable bonds is 6. The first kappa shape index (κ1) is 22.7. The van der Waals surface area contributed by atoms with Gasteiger partial charge in [-0.15, -0.1) is 35.7 Å². The number of aromatic nitrogens is 1. The van der Waals surface area contributed by atoms with Gasteiger partial charge in [0.1, 0.15) is 0 Å². The standard InChI is InChI=1S/C20H26FN5S.HI/c1-15-5-7-17(8-6-15)27-13-11-24-20(22-2)25-16-9-12-26(14-16)19-18(21)4-3-10-23-19;/h3-8,10,16H,9,11-14H2,1-2H3,(H2,22,24,25);1H. The normalized spacial score (nSPS) is 16.6. The highest BCUT2D eigenvalue weighted by atomic mass is 127. The minimum absolute atomic E-state index is 0. The predicted octanol–water partition coefficient (Wildman–Crippen LogP) is 3.68. The van der Waals surface area contributed by atoms with Gasteiger partial charge < -0.3 is 15.5 Å². The van der Waals surface area contributed by atoms with Crippen molar-refractivity contribution in [3.8, 4) is 0 Å². The Balaban J connectivity index is 0.00000280. The zero-order valence-electron chi connectivity index (χ0n) is 16.2. The molecule has 28 heavy (non-hydrogen) atoms. The smallest absolute Gasteiger partial charge is 0.191 e. The summed E-state index contributed by atoms with van der Waals surface area (Å²) in [5, 5.41) is 6.78. The van der Waals surface area contributed by atoms with E-state index in [4.69, 9.17) is 0 Å². The van der Waals surface area contributed by atoms with E-state index in [1.165, 1.54) is 16.5 Å². The molecule has 1 aliphatic rings. The SMILES string of the molecule is CN=C(NCCSc1ccc(C)cc1)NC1CCN(c2ncccc2F)C1.I. The summed E-state index contributed by atoms with van der Waals surface area (Å²) in [7, 11) is 1.77. The van der Waals surface area contributed by atoms with Crippen molar-refractivity contribution < 1.29 is 4.39 Å². The number of thioether (sulfide) groups is 1. The molecule has 5 nitrogen and oxygen atoms in total. The molecule has 1 aliphatic heterocycles. The molecule has 1 aromatic carbocycles. The highest BCUT2D eigenvalue weighted by Crippen LogP contribution is 2.21. The fourth-order valence-corrected chi connectivity index (χ4v) is 3.81. The molecule has 0 aliphatic carbocycles. The zero-order valence-corrected chi connectivity index (χ0v) is 19.3. The first-order valence-electron chi connectivity index (χ1n) is 9.18. The highest BCUT2D eigenvalue weighted by Gasteiger charge is 2.25. The summed E-state index contributed by atoms with van der Waals surface area (Å²) in [5.74, 6) is 1.90.